The Kier molecular flexibility index (Phi) is 5.89. The summed E-state index contributed by atoms with van der Waals surface area (Å²) in [6.45, 7) is 5.01. The molecule has 5 heteroatoms. The van der Waals surface area contributed by atoms with Crippen LogP contribution in [0.25, 0.3) is 0 Å². The van der Waals surface area contributed by atoms with Gasteiger partial charge in [0.15, 0.2) is 0 Å². The van der Waals surface area contributed by atoms with Crippen LogP contribution in [0.1, 0.15) is 43.5 Å². The zero-order chi connectivity index (χ0) is 16.1. The van der Waals surface area contributed by atoms with Crippen LogP contribution in [-0.2, 0) is 4.79 Å². The maximum absolute atomic E-state index is 12.2. The molecule has 1 N–H and O–H groups in total. The molecule has 22 heavy (non-hydrogen) atoms. The van der Waals surface area contributed by atoms with E-state index in [1.165, 1.54) is 0 Å². The fraction of sp³-hybridized carbons (Fsp3) is 0.529. The smallest absolute Gasteiger partial charge is 0.335 e. The molecule has 1 atom stereocenters. The lowest BCUT2D eigenvalue weighted by Crippen LogP contribution is -2.37. The number of carbonyl (C=O) groups excluding carboxylic acids is 1. The zero-order valence-electron chi connectivity index (χ0n) is 13.1. The average molecular weight is 321 g/mol. The van der Waals surface area contributed by atoms with Crippen LogP contribution in [0.15, 0.2) is 29.2 Å². The quantitative estimate of drug-likeness (QED) is 0.815. The third kappa shape index (κ3) is 4.50. The van der Waals surface area contributed by atoms with Crippen LogP contribution in [0.3, 0.4) is 0 Å². The molecule has 0 saturated carbocycles. The summed E-state index contributed by atoms with van der Waals surface area (Å²) in [6.07, 6.45) is 2.76. The van der Waals surface area contributed by atoms with E-state index in [4.69, 9.17) is 5.11 Å². The summed E-state index contributed by atoms with van der Waals surface area (Å²) < 4.78 is 0. The molecule has 1 unspecified atom stereocenters. The minimum Gasteiger partial charge on any atom is -0.478 e. The Morgan fingerprint density at radius 1 is 1.32 bits per heavy atom. The van der Waals surface area contributed by atoms with Gasteiger partial charge in [-0.3, -0.25) is 4.79 Å². The highest BCUT2D eigenvalue weighted by Crippen LogP contribution is 2.27. The van der Waals surface area contributed by atoms with Crippen LogP contribution < -0.4 is 0 Å². The van der Waals surface area contributed by atoms with Gasteiger partial charge in [-0.25, -0.2) is 4.79 Å². The Morgan fingerprint density at radius 3 is 2.59 bits per heavy atom. The summed E-state index contributed by atoms with van der Waals surface area (Å²) in [5, 5.41) is 8.89. The first-order valence-electron chi connectivity index (χ1n) is 7.73. The number of likely N-dealkylation sites (tertiary alicyclic amines) is 1. The molecular formula is C17H23NO3S. The third-order valence-electron chi connectivity index (χ3n) is 3.82. The van der Waals surface area contributed by atoms with E-state index in [0.717, 1.165) is 30.0 Å². The normalized spacial score (nSPS) is 18.0. The van der Waals surface area contributed by atoms with E-state index < -0.39 is 5.97 Å². The summed E-state index contributed by atoms with van der Waals surface area (Å²) >= 11 is 1.69. The van der Waals surface area contributed by atoms with Gasteiger partial charge >= 0.3 is 5.97 Å². The van der Waals surface area contributed by atoms with Crippen molar-refractivity contribution in [2.24, 2.45) is 5.92 Å². The second-order valence-electron chi connectivity index (χ2n) is 6.12. The molecule has 1 aromatic rings. The van der Waals surface area contributed by atoms with Crippen molar-refractivity contribution in [3.8, 4) is 0 Å². The highest BCUT2D eigenvalue weighted by atomic mass is 32.2. The Hall–Kier alpha value is -1.49. The minimum atomic E-state index is -0.905. The standard InChI is InChI=1S/C17H23NO3S/c1-12(2)10-16(19)18-9-3-4-14(18)11-22-15-7-5-13(6-8-15)17(20)21/h5-8,12,14H,3-4,9-11H2,1-2H3,(H,20,21). The number of aromatic carboxylic acids is 1. The molecule has 0 spiro atoms. The number of carbonyl (C=O) groups is 2. The number of amides is 1. The van der Waals surface area contributed by atoms with Crippen molar-refractivity contribution in [1.29, 1.82) is 0 Å². The van der Waals surface area contributed by atoms with Gasteiger partial charge in [0.05, 0.1) is 5.56 Å². The SMILES string of the molecule is CC(C)CC(=O)N1CCCC1CSc1ccc(C(=O)O)cc1. The van der Waals surface area contributed by atoms with E-state index in [2.05, 4.69) is 13.8 Å². The lowest BCUT2D eigenvalue weighted by molar-refractivity contribution is -0.132. The third-order valence-corrected chi connectivity index (χ3v) is 4.98. The second-order valence-corrected chi connectivity index (χ2v) is 7.22. The van der Waals surface area contributed by atoms with Crippen molar-refractivity contribution in [1.82, 2.24) is 4.90 Å². The monoisotopic (exact) mass is 321 g/mol. The van der Waals surface area contributed by atoms with E-state index in [9.17, 15) is 9.59 Å². The van der Waals surface area contributed by atoms with E-state index in [0.29, 0.717) is 23.9 Å². The van der Waals surface area contributed by atoms with E-state index in [1.807, 2.05) is 17.0 Å². The molecule has 120 valence electrons. The molecule has 1 aliphatic rings. The molecule has 0 bridgehead atoms. The van der Waals surface area contributed by atoms with Crippen LogP contribution in [-0.4, -0.2) is 40.2 Å². The first kappa shape index (κ1) is 16.9. The van der Waals surface area contributed by atoms with Gasteiger partial charge in [-0.15, -0.1) is 11.8 Å². The second kappa shape index (κ2) is 7.68. The number of thioether (sulfide) groups is 1. The van der Waals surface area contributed by atoms with Crippen molar-refractivity contribution < 1.29 is 14.7 Å². The first-order chi connectivity index (χ1) is 10.5. The molecule has 4 nitrogen and oxygen atoms in total. The highest BCUT2D eigenvalue weighted by Gasteiger charge is 2.28. The molecule has 0 aromatic heterocycles. The summed E-state index contributed by atoms with van der Waals surface area (Å²) in [4.78, 5) is 26.2. The molecule has 1 aromatic carbocycles. The van der Waals surface area contributed by atoms with Gasteiger partial charge in [0.2, 0.25) is 5.91 Å². The largest absolute Gasteiger partial charge is 0.478 e. The van der Waals surface area contributed by atoms with Gasteiger partial charge in [-0.05, 0) is 43.0 Å². The highest BCUT2D eigenvalue weighted by molar-refractivity contribution is 7.99. The predicted molar refractivity (Wildman–Crippen MR) is 88.3 cm³/mol. The number of rotatable bonds is 6. The number of benzene rings is 1. The lowest BCUT2D eigenvalue weighted by Gasteiger charge is -2.25. The molecular weight excluding hydrogens is 298 g/mol. The van der Waals surface area contributed by atoms with Gasteiger partial charge in [-0.2, -0.15) is 0 Å². The fourth-order valence-corrected chi connectivity index (χ4v) is 3.75. The van der Waals surface area contributed by atoms with E-state index in [1.54, 1.807) is 23.9 Å². The molecule has 1 saturated heterocycles. The summed E-state index contributed by atoms with van der Waals surface area (Å²) in [5.74, 6) is 0.623. The fourth-order valence-electron chi connectivity index (χ4n) is 2.69. The van der Waals surface area contributed by atoms with Crippen molar-refractivity contribution in [2.75, 3.05) is 12.3 Å². The van der Waals surface area contributed by atoms with E-state index >= 15 is 0 Å². The Bertz CT molecular complexity index is 527. The Balaban J connectivity index is 1.89. The summed E-state index contributed by atoms with van der Waals surface area (Å²) in [7, 11) is 0. The molecule has 1 amide bonds. The molecule has 1 heterocycles. The Morgan fingerprint density at radius 2 is 2.00 bits per heavy atom. The summed E-state index contributed by atoms with van der Waals surface area (Å²) in [6, 6.07) is 7.23. The minimum absolute atomic E-state index is 0.263. The van der Waals surface area contributed by atoms with Crippen LogP contribution >= 0.6 is 11.8 Å². The Labute approximate surface area is 135 Å². The van der Waals surface area contributed by atoms with Gasteiger partial charge in [0.1, 0.15) is 0 Å². The molecule has 1 fully saturated rings. The van der Waals surface area contributed by atoms with Crippen LogP contribution in [0.4, 0.5) is 0 Å². The van der Waals surface area contributed by atoms with Gasteiger partial charge in [-0.1, -0.05) is 13.8 Å². The van der Waals surface area contributed by atoms with Crippen LogP contribution in [0.5, 0.6) is 0 Å². The van der Waals surface area contributed by atoms with Crippen molar-refractivity contribution in [3.63, 3.8) is 0 Å². The van der Waals surface area contributed by atoms with Gasteiger partial charge in [0, 0.05) is 29.7 Å². The van der Waals surface area contributed by atoms with Crippen LogP contribution in [0.2, 0.25) is 0 Å². The summed E-state index contributed by atoms with van der Waals surface area (Å²) in [5.41, 5.74) is 0.305. The number of nitrogens with zero attached hydrogens (tertiary/aromatic N) is 1. The molecule has 2 rings (SSSR count). The predicted octanol–water partition coefficient (Wildman–Crippen LogP) is 3.51. The zero-order valence-corrected chi connectivity index (χ0v) is 13.9. The van der Waals surface area contributed by atoms with Gasteiger partial charge in [0.25, 0.3) is 0 Å². The van der Waals surface area contributed by atoms with Crippen molar-refractivity contribution in [3.05, 3.63) is 29.8 Å². The van der Waals surface area contributed by atoms with Gasteiger partial charge < -0.3 is 10.0 Å². The average Bonchev–Trinajstić information content (AvgIpc) is 2.93. The van der Waals surface area contributed by atoms with Crippen LogP contribution in [0, 0.1) is 5.92 Å². The molecule has 0 radical (unpaired) electrons. The lowest BCUT2D eigenvalue weighted by atomic mass is 10.1. The number of hydrogen-bond donors (Lipinski definition) is 1. The maximum atomic E-state index is 12.2. The van der Waals surface area contributed by atoms with E-state index in [-0.39, 0.29) is 5.91 Å². The van der Waals surface area contributed by atoms with Crippen molar-refractivity contribution in [2.45, 2.75) is 44.0 Å². The number of carboxylic acids is 1. The first-order valence-corrected chi connectivity index (χ1v) is 8.71. The number of hydrogen-bond acceptors (Lipinski definition) is 3. The van der Waals surface area contributed by atoms with Crippen molar-refractivity contribution >= 4 is 23.6 Å². The molecule has 0 aliphatic carbocycles. The molecule has 1 aliphatic heterocycles. The number of carboxylic acid groups (broad SMARTS) is 1. The topological polar surface area (TPSA) is 57.6 Å². The maximum Gasteiger partial charge on any atom is 0.335 e.